The van der Waals surface area contributed by atoms with Gasteiger partial charge < -0.3 is 19.5 Å². The molecule has 1 aliphatic heterocycles. The van der Waals surface area contributed by atoms with Crippen molar-refractivity contribution in [2.75, 3.05) is 31.5 Å². The van der Waals surface area contributed by atoms with Gasteiger partial charge in [0.15, 0.2) is 10.9 Å². The highest BCUT2D eigenvalue weighted by Gasteiger charge is 2.22. The van der Waals surface area contributed by atoms with Gasteiger partial charge in [-0.25, -0.2) is 4.39 Å². The molecule has 0 radical (unpaired) electrons. The normalized spacial score (nSPS) is 15.7. The molecule has 0 bridgehead atoms. The Bertz CT molecular complexity index is 672. The van der Waals surface area contributed by atoms with Crippen molar-refractivity contribution in [1.29, 1.82) is 0 Å². The molecular weight excluding hydrogens is 337 g/mol. The van der Waals surface area contributed by atoms with Gasteiger partial charge in [-0.1, -0.05) is 11.6 Å². The molecule has 1 saturated heterocycles. The molecule has 4 nitrogen and oxygen atoms in total. The average molecular weight is 355 g/mol. The number of quaternary nitrogens is 1. The Balaban J connectivity index is 1.50. The number of anilines is 1. The van der Waals surface area contributed by atoms with Crippen LogP contribution in [0.5, 0.6) is 0 Å². The Morgan fingerprint density at radius 1 is 1.35 bits per heavy atom. The summed E-state index contributed by atoms with van der Waals surface area (Å²) in [4.78, 5) is 3.60. The topological polar surface area (TPSA) is 32.9 Å². The minimum atomic E-state index is -0.432. The fourth-order valence-electron chi connectivity index (χ4n) is 2.64. The Kier molecular flexibility index (Phi) is 5.15. The van der Waals surface area contributed by atoms with E-state index in [0.29, 0.717) is 10.8 Å². The second-order valence-electron chi connectivity index (χ2n) is 5.55. The number of benzene rings is 1. The summed E-state index contributed by atoms with van der Waals surface area (Å²) in [7, 11) is 0. The molecule has 0 spiro atoms. The van der Waals surface area contributed by atoms with Gasteiger partial charge in [0.05, 0.1) is 37.5 Å². The Morgan fingerprint density at radius 3 is 2.78 bits per heavy atom. The van der Waals surface area contributed by atoms with Gasteiger partial charge in [-0.2, -0.15) is 0 Å². The third-order valence-corrected chi connectivity index (χ3v) is 4.58. The molecule has 1 aromatic carbocycles. The zero-order valence-corrected chi connectivity index (χ0v) is 14.1. The van der Waals surface area contributed by atoms with Crippen molar-refractivity contribution in [2.45, 2.75) is 6.54 Å². The molecule has 1 aromatic heterocycles. The number of furan rings is 1. The van der Waals surface area contributed by atoms with Crippen LogP contribution in [-0.4, -0.2) is 36.2 Å². The van der Waals surface area contributed by atoms with Crippen molar-refractivity contribution in [1.82, 2.24) is 4.90 Å². The van der Waals surface area contributed by atoms with Crippen LogP contribution in [0.3, 0.4) is 0 Å². The van der Waals surface area contributed by atoms with Gasteiger partial charge in [-0.05, 0) is 42.5 Å². The van der Waals surface area contributed by atoms with Crippen LogP contribution >= 0.6 is 23.8 Å². The van der Waals surface area contributed by atoms with Crippen molar-refractivity contribution in [3.63, 3.8) is 0 Å². The van der Waals surface area contributed by atoms with E-state index in [2.05, 4.69) is 10.2 Å². The van der Waals surface area contributed by atoms with Gasteiger partial charge >= 0.3 is 0 Å². The number of halogens is 2. The van der Waals surface area contributed by atoms with Gasteiger partial charge in [0.1, 0.15) is 12.4 Å². The molecule has 2 heterocycles. The van der Waals surface area contributed by atoms with Crippen molar-refractivity contribution in [3.8, 4) is 0 Å². The number of hydrogen-bond acceptors (Lipinski definition) is 2. The monoisotopic (exact) mass is 354 g/mol. The van der Waals surface area contributed by atoms with E-state index in [1.807, 2.05) is 12.1 Å². The number of rotatable bonds is 3. The Hall–Kier alpha value is -1.63. The molecule has 0 amide bonds. The van der Waals surface area contributed by atoms with E-state index in [1.54, 1.807) is 18.4 Å². The van der Waals surface area contributed by atoms with E-state index in [-0.39, 0.29) is 5.02 Å². The van der Waals surface area contributed by atoms with Crippen LogP contribution in [-0.2, 0) is 6.54 Å². The van der Waals surface area contributed by atoms with Crippen LogP contribution in [0.4, 0.5) is 10.1 Å². The van der Waals surface area contributed by atoms with E-state index in [0.717, 1.165) is 38.5 Å². The third-order valence-electron chi connectivity index (χ3n) is 3.93. The standard InChI is InChI=1S/C16H17ClFN3OS/c17-14-10-12(3-4-15(14)18)19-16(23)21-7-5-20(6-8-21)11-13-2-1-9-22-13/h1-4,9-10H,5-8,11H2,(H,19,23)/p+1. The number of hydrogen-bond donors (Lipinski definition) is 2. The molecule has 122 valence electrons. The lowest BCUT2D eigenvalue weighted by Crippen LogP contribution is -3.13. The maximum Gasteiger partial charge on any atom is 0.173 e. The SMILES string of the molecule is Fc1ccc(NC(=S)N2CC[NH+](Cc3ccco3)CC2)cc1Cl. The first-order valence-electron chi connectivity index (χ1n) is 7.49. The average Bonchev–Trinajstić information content (AvgIpc) is 3.04. The largest absolute Gasteiger partial charge is 0.463 e. The van der Waals surface area contributed by atoms with Crippen molar-refractivity contribution in [3.05, 3.63) is 53.2 Å². The number of nitrogens with one attached hydrogen (secondary N) is 2. The van der Waals surface area contributed by atoms with Gasteiger partial charge in [0.25, 0.3) is 0 Å². The Morgan fingerprint density at radius 2 is 2.13 bits per heavy atom. The summed E-state index contributed by atoms with van der Waals surface area (Å²) in [6.07, 6.45) is 1.71. The summed E-state index contributed by atoms with van der Waals surface area (Å²) < 4.78 is 18.6. The molecule has 2 aromatic rings. The fourth-order valence-corrected chi connectivity index (χ4v) is 3.12. The Labute approximate surface area is 144 Å². The van der Waals surface area contributed by atoms with Gasteiger partial charge in [-0.3, -0.25) is 0 Å². The molecule has 0 unspecified atom stereocenters. The molecule has 1 fully saturated rings. The second-order valence-corrected chi connectivity index (χ2v) is 6.35. The lowest BCUT2D eigenvalue weighted by atomic mass is 10.3. The van der Waals surface area contributed by atoms with Gasteiger partial charge in [0, 0.05) is 5.69 Å². The summed E-state index contributed by atoms with van der Waals surface area (Å²) in [5, 5.41) is 3.85. The predicted molar refractivity (Wildman–Crippen MR) is 92.3 cm³/mol. The van der Waals surface area contributed by atoms with Crippen molar-refractivity contribution >= 4 is 34.6 Å². The van der Waals surface area contributed by atoms with Gasteiger partial charge in [-0.15, -0.1) is 0 Å². The van der Waals surface area contributed by atoms with Crippen LogP contribution in [0.15, 0.2) is 41.0 Å². The summed E-state index contributed by atoms with van der Waals surface area (Å²) in [5.74, 6) is 0.577. The van der Waals surface area contributed by atoms with Crippen molar-refractivity contribution in [2.24, 2.45) is 0 Å². The minimum Gasteiger partial charge on any atom is -0.463 e. The molecule has 0 atom stereocenters. The minimum absolute atomic E-state index is 0.0884. The number of piperazine rings is 1. The highest BCUT2D eigenvalue weighted by molar-refractivity contribution is 7.80. The smallest absolute Gasteiger partial charge is 0.173 e. The van der Waals surface area contributed by atoms with E-state index in [4.69, 9.17) is 28.2 Å². The first-order chi connectivity index (χ1) is 11.1. The summed E-state index contributed by atoms with van der Waals surface area (Å²) in [5.41, 5.74) is 0.701. The number of nitrogens with zero attached hydrogens (tertiary/aromatic N) is 1. The lowest BCUT2D eigenvalue weighted by Gasteiger charge is -2.33. The molecular formula is C16H18ClFN3OS+. The van der Waals surface area contributed by atoms with Crippen LogP contribution in [0.1, 0.15) is 5.76 Å². The molecule has 7 heteroatoms. The molecule has 2 N–H and O–H groups in total. The second kappa shape index (κ2) is 7.29. The first-order valence-corrected chi connectivity index (χ1v) is 8.27. The van der Waals surface area contributed by atoms with Crippen LogP contribution < -0.4 is 10.2 Å². The van der Waals surface area contributed by atoms with E-state index in [9.17, 15) is 4.39 Å². The maximum absolute atomic E-state index is 13.2. The zero-order chi connectivity index (χ0) is 16.2. The molecule has 0 aliphatic carbocycles. The van der Waals surface area contributed by atoms with E-state index < -0.39 is 5.82 Å². The third kappa shape index (κ3) is 4.22. The maximum atomic E-state index is 13.2. The van der Waals surface area contributed by atoms with Crippen LogP contribution in [0, 0.1) is 5.82 Å². The summed E-state index contributed by atoms with van der Waals surface area (Å²) in [6.45, 7) is 4.63. The quantitative estimate of drug-likeness (QED) is 0.828. The summed E-state index contributed by atoms with van der Waals surface area (Å²) >= 11 is 11.2. The van der Waals surface area contributed by atoms with Crippen LogP contribution in [0.2, 0.25) is 5.02 Å². The highest BCUT2D eigenvalue weighted by atomic mass is 35.5. The first kappa shape index (κ1) is 16.2. The highest BCUT2D eigenvalue weighted by Crippen LogP contribution is 2.19. The van der Waals surface area contributed by atoms with Gasteiger partial charge in [0.2, 0.25) is 0 Å². The zero-order valence-electron chi connectivity index (χ0n) is 12.5. The number of thiocarbonyl (C=S) groups is 1. The van der Waals surface area contributed by atoms with Crippen LogP contribution in [0.25, 0.3) is 0 Å². The lowest BCUT2D eigenvalue weighted by molar-refractivity contribution is -0.918. The molecule has 3 rings (SSSR count). The summed E-state index contributed by atoms with van der Waals surface area (Å²) in [6, 6.07) is 8.42. The molecule has 0 saturated carbocycles. The molecule has 23 heavy (non-hydrogen) atoms. The predicted octanol–water partition coefficient (Wildman–Crippen LogP) is 2.17. The molecule has 1 aliphatic rings. The van der Waals surface area contributed by atoms with Crippen molar-refractivity contribution < 1.29 is 13.7 Å². The van der Waals surface area contributed by atoms with E-state index in [1.165, 1.54) is 11.0 Å². The fraction of sp³-hybridized carbons (Fsp3) is 0.312. The van der Waals surface area contributed by atoms with E-state index >= 15 is 0 Å².